The molecule has 0 aliphatic carbocycles. The number of H-pyrrole nitrogens is 1. The van der Waals surface area contributed by atoms with Crippen molar-refractivity contribution < 1.29 is 13.9 Å². The number of aromatic nitrogens is 2. The summed E-state index contributed by atoms with van der Waals surface area (Å²) in [5.41, 5.74) is 1.55. The number of esters is 1. The SMILES string of the molecule is COC(=O)c1ccc(Cc2nc3ccc(C(C)C)cc3c(=O)[nH]2)o1. The molecule has 0 amide bonds. The molecule has 0 atom stereocenters. The van der Waals surface area contributed by atoms with E-state index in [1.807, 2.05) is 18.2 Å². The second-order valence-corrected chi connectivity index (χ2v) is 5.88. The molecule has 2 aromatic heterocycles. The van der Waals surface area contributed by atoms with Crippen molar-refractivity contribution >= 4 is 16.9 Å². The Hall–Kier alpha value is -2.89. The Morgan fingerprint density at radius 2 is 2.08 bits per heavy atom. The zero-order valence-corrected chi connectivity index (χ0v) is 13.8. The van der Waals surface area contributed by atoms with Crippen molar-refractivity contribution in [3.8, 4) is 0 Å². The number of hydrogen-bond acceptors (Lipinski definition) is 5. The van der Waals surface area contributed by atoms with E-state index in [1.165, 1.54) is 13.2 Å². The third kappa shape index (κ3) is 3.08. The van der Waals surface area contributed by atoms with Gasteiger partial charge in [0, 0.05) is 0 Å². The predicted octanol–water partition coefficient (Wildman–Crippen LogP) is 3.02. The fraction of sp³-hybridized carbons (Fsp3) is 0.278. The largest absolute Gasteiger partial charge is 0.463 e. The Labute approximate surface area is 138 Å². The molecule has 0 aliphatic heterocycles. The number of ether oxygens (including phenoxy) is 1. The molecule has 2 heterocycles. The third-order valence-electron chi connectivity index (χ3n) is 3.84. The van der Waals surface area contributed by atoms with Gasteiger partial charge in [0.1, 0.15) is 11.6 Å². The van der Waals surface area contributed by atoms with Crippen LogP contribution in [0, 0.1) is 0 Å². The van der Waals surface area contributed by atoms with Gasteiger partial charge in [0.25, 0.3) is 5.56 Å². The third-order valence-corrected chi connectivity index (χ3v) is 3.84. The smallest absolute Gasteiger partial charge is 0.373 e. The Kier molecular flexibility index (Phi) is 4.20. The highest BCUT2D eigenvalue weighted by molar-refractivity contribution is 5.86. The summed E-state index contributed by atoms with van der Waals surface area (Å²) in [5, 5.41) is 0.569. The van der Waals surface area contributed by atoms with Crippen LogP contribution in [0.1, 0.15) is 47.5 Å². The zero-order chi connectivity index (χ0) is 17.3. The van der Waals surface area contributed by atoms with Gasteiger partial charge in [-0.1, -0.05) is 19.9 Å². The molecule has 1 N–H and O–H groups in total. The first-order valence-corrected chi connectivity index (χ1v) is 7.68. The molecule has 0 radical (unpaired) electrons. The van der Waals surface area contributed by atoms with E-state index in [0.717, 1.165) is 5.56 Å². The molecule has 0 saturated carbocycles. The maximum absolute atomic E-state index is 12.3. The number of fused-ring (bicyclic) bond motifs is 1. The molecule has 3 rings (SSSR count). The van der Waals surface area contributed by atoms with Gasteiger partial charge in [-0.25, -0.2) is 9.78 Å². The van der Waals surface area contributed by atoms with Crippen LogP contribution in [0.2, 0.25) is 0 Å². The van der Waals surface area contributed by atoms with Crippen LogP contribution in [-0.4, -0.2) is 23.0 Å². The molecule has 0 spiro atoms. The van der Waals surface area contributed by atoms with E-state index in [2.05, 4.69) is 28.6 Å². The molecule has 0 unspecified atom stereocenters. The van der Waals surface area contributed by atoms with Crippen molar-refractivity contribution in [3.05, 3.63) is 63.6 Å². The van der Waals surface area contributed by atoms with Crippen LogP contribution in [0.25, 0.3) is 10.9 Å². The second-order valence-electron chi connectivity index (χ2n) is 5.88. The van der Waals surface area contributed by atoms with E-state index >= 15 is 0 Å². The average Bonchev–Trinajstić information content (AvgIpc) is 3.02. The lowest BCUT2D eigenvalue weighted by atomic mass is 10.0. The van der Waals surface area contributed by atoms with Crippen LogP contribution < -0.4 is 5.56 Å². The van der Waals surface area contributed by atoms with E-state index < -0.39 is 5.97 Å². The fourth-order valence-electron chi connectivity index (χ4n) is 2.50. The van der Waals surface area contributed by atoms with Crippen molar-refractivity contribution in [3.63, 3.8) is 0 Å². The molecule has 6 nitrogen and oxygen atoms in total. The van der Waals surface area contributed by atoms with Gasteiger partial charge in [0.2, 0.25) is 5.76 Å². The van der Waals surface area contributed by atoms with Crippen molar-refractivity contribution in [1.82, 2.24) is 9.97 Å². The molecule has 1 aromatic carbocycles. The van der Waals surface area contributed by atoms with Gasteiger partial charge >= 0.3 is 5.97 Å². The molecule has 124 valence electrons. The summed E-state index contributed by atoms with van der Waals surface area (Å²) in [7, 11) is 1.29. The first kappa shape index (κ1) is 16.0. The molecular weight excluding hydrogens is 308 g/mol. The fourth-order valence-corrected chi connectivity index (χ4v) is 2.50. The molecular formula is C18H18N2O4. The minimum atomic E-state index is -0.539. The Morgan fingerprint density at radius 1 is 1.29 bits per heavy atom. The highest BCUT2D eigenvalue weighted by atomic mass is 16.5. The number of carbonyl (C=O) groups is 1. The van der Waals surface area contributed by atoms with Crippen LogP contribution in [0.3, 0.4) is 0 Å². The van der Waals surface area contributed by atoms with Crippen molar-refractivity contribution in [2.75, 3.05) is 7.11 Å². The van der Waals surface area contributed by atoms with E-state index in [1.54, 1.807) is 6.07 Å². The quantitative estimate of drug-likeness (QED) is 0.745. The van der Waals surface area contributed by atoms with Crippen LogP contribution >= 0.6 is 0 Å². The lowest BCUT2D eigenvalue weighted by molar-refractivity contribution is 0.0563. The summed E-state index contributed by atoms with van der Waals surface area (Å²) in [4.78, 5) is 31.0. The number of carbonyl (C=O) groups excluding carboxylic acids is 1. The van der Waals surface area contributed by atoms with Crippen molar-refractivity contribution in [1.29, 1.82) is 0 Å². The summed E-state index contributed by atoms with van der Waals surface area (Å²) in [6, 6.07) is 8.91. The molecule has 0 fully saturated rings. The van der Waals surface area contributed by atoms with E-state index in [0.29, 0.717) is 28.4 Å². The van der Waals surface area contributed by atoms with Gasteiger partial charge in [-0.2, -0.15) is 0 Å². The van der Waals surface area contributed by atoms with Gasteiger partial charge < -0.3 is 14.1 Å². The summed E-state index contributed by atoms with van der Waals surface area (Å²) >= 11 is 0. The van der Waals surface area contributed by atoms with Gasteiger partial charge in [-0.3, -0.25) is 4.79 Å². The van der Waals surface area contributed by atoms with Crippen molar-refractivity contribution in [2.24, 2.45) is 0 Å². The zero-order valence-electron chi connectivity index (χ0n) is 13.8. The maximum Gasteiger partial charge on any atom is 0.373 e. The number of hydrogen-bond donors (Lipinski definition) is 1. The van der Waals surface area contributed by atoms with Crippen LogP contribution in [0.4, 0.5) is 0 Å². The number of nitrogens with one attached hydrogen (secondary N) is 1. The molecule has 0 saturated heterocycles. The van der Waals surface area contributed by atoms with Crippen LogP contribution in [0.5, 0.6) is 0 Å². The van der Waals surface area contributed by atoms with Gasteiger partial charge in [-0.15, -0.1) is 0 Å². The minimum absolute atomic E-state index is 0.122. The first-order valence-electron chi connectivity index (χ1n) is 7.68. The summed E-state index contributed by atoms with van der Waals surface area (Å²) < 4.78 is 10.0. The standard InChI is InChI=1S/C18H18N2O4/c1-10(2)11-4-6-14-13(8-11)17(21)20-16(19-14)9-12-5-7-15(24-12)18(22)23-3/h4-8,10H,9H2,1-3H3,(H,19,20,21). The molecule has 0 aliphatic rings. The van der Waals surface area contributed by atoms with Gasteiger partial charge in [0.15, 0.2) is 0 Å². The van der Waals surface area contributed by atoms with Crippen molar-refractivity contribution in [2.45, 2.75) is 26.2 Å². The van der Waals surface area contributed by atoms with E-state index in [4.69, 9.17) is 4.42 Å². The van der Waals surface area contributed by atoms with E-state index in [-0.39, 0.29) is 17.7 Å². The molecule has 0 bridgehead atoms. The monoisotopic (exact) mass is 326 g/mol. The number of rotatable bonds is 4. The molecule has 6 heteroatoms. The average molecular weight is 326 g/mol. The highest BCUT2D eigenvalue weighted by Crippen LogP contribution is 2.19. The number of aromatic amines is 1. The summed E-state index contributed by atoms with van der Waals surface area (Å²) in [5.74, 6) is 0.931. The van der Waals surface area contributed by atoms with Gasteiger partial charge in [-0.05, 0) is 35.7 Å². The number of nitrogens with zero attached hydrogens (tertiary/aromatic N) is 1. The number of benzene rings is 1. The molecule has 3 aromatic rings. The van der Waals surface area contributed by atoms with E-state index in [9.17, 15) is 9.59 Å². The Morgan fingerprint density at radius 3 is 2.79 bits per heavy atom. The lowest BCUT2D eigenvalue weighted by Crippen LogP contribution is -2.12. The highest BCUT2D eigenvalue weighted by Gasteiger charge is 2.13. The van der Waals surface area contributed by atoms with Gasteiger partial charge in [0.05, 0.1) is 24.4 Å². The topological polar surface area (TPSA) is 85.2 Å². The second kappa shape index (κ2) is 6.31. The normalized spacial score (nSPS) is 11.2. The lowest BCUT2D eigenvalue weighted by Gasteiger charge is -2.07. The maximum atomic E-state index is 12.3. The number of furan rings is 1. The van der Waals surface area contributed by atoms with Crippen LogP contribution in [-0.2, 0) is 11.2 Å². The predicted molar refractivity (Wildman–Crippen MR) is 89.3 cm³/mol. The Bertz CT molecular complexity index is 953. The first-order chi connectivity index (χ1) is 11.5. The number of methoxy groups -OCH3 is 1. The minimum Gasteiger partial charge on any atom is -0.463 e. The molecule has 24 heavy (non-hydrogen) atoms. The summed E-state index contributed by atoms with van der Waals surface area (Å²) in [6.45, 7) is 4.15. The summed E-state index contributed by atoms with van der Waals surface area (Å²) in [6.07, 6.45) is 0.286. The van der Waals surface area contributed by atoms with Crippen LogP contribution in [0.15, 0.2) is 39.5 Å². The Balaban J connectivity index is 1.93.